The molecule has 376 valence electrons. The summed E-state index contributed by atoms with van der Waals surface area (Å²) in [5, 5.41) is 0. The van der Waals surface area contributed by atoms with Gasteiger partial charge in [0.2, 0.25) is 0 Å². The number of allylic oxidation sites excluding steroid dienone is 4. The zero-order chi connectivity index (χ0) is 46.5. The van der Waals surface area contributed by atoms with Gasteiger partial charge in [-0.05, 0) is 70.6 Å². The Kier molecular flexibility index (Phi) is 51.7. The molecule has 0 spiro atoms. The summed E-state index contributed by atoms with van der Waals surface area (Å²) in [4.78, 5) is 38.0. The van der Waals surface area contributed by atoms with Crippen molar-refractivity contribution in [1.29, 1.82) is 0 Å². The van der Waals surface area contributed by atoms with E-state index in [0.29, 0.717) is 19.3 Å². The van der Waals surface area contributed by atoms with Gasteiger partial charge in [0.15, 0.2) is 6.10 Å². The number of esters is 3. The zero-order valence-corrected chi connectivity index (χ0v) is 43.1. The minimum absolute atomic E-state index is 0.0712. The van der Waals surface area contributed by atoms with Gasteiger partial charge in [-0.3, -0.25) is 14.4 Å². The maximum Gasteiger partial charge on any atom is 0.306 e. The van der Waals surface area contributed by atoms with Gasteiger partial charge in [0.25, 0.3) is 0 Å². The summed E-state index contributed by atoms with van der Waals surface area (Å²) in [6.45, 7) is 6.65. The molecule has 0 saturated heterocycles. The van der Waals surface area contributed by atoms with Crippen LogP contribution in [0.2, 0.25) is 0 Å². The molecule has 0 radical (unpaired) electrons. The monoisotopic (exact) mass is 901 g/mol. The zero-order valence-electron chi connectivity index (χ0n) is 43.1. The first-order valence-electron chi connectivity index (χ1n) is 28.3. The Morgan fingerprint density at radius 3 is 0.781 bits per heavy atom. The van der Waals surface area contributed by atoms with Crippen LogP contribution in [0.25, 0.3) is 0 Å². The lowest BCUT2D eigenvalue weighted by Gasteiger charge is -2.18. The van der Waals surface area contributed by atoms with E-state index in [4.69, 9.17) is 14.2 Å². The van der Waals surface area contributed by atoms with Gasteiger partial charge in [0.05, 0.1) is 0 Å². The molecule has 1 atom stereocenters. The number of hydrogen-bond donors (Lipinski definition) is 0. The van der Waals surface area contributed by atoms with Crippen molar-refractivity contribution in [3.8, 4) is 0 Å². The van der Waals surface area contributed by atoms with Gasteiger partial charge >= 0.3 is 17.9 Å². The fourth-order valence-electron chi connectivity index (χ4n) is 8.37. The lowest BCUT2D eigenvalue weighted by atomic mass is 10.1. The molecule has 0 aliphatic carbocycles. The topological polar surface area (TPSA) is 78.9 Å². The summed E-state index contributed by atoms with van der Waals surface area (Å²) in [5.74, 6) is -0.866. The van der Waals surface area contributed by atoms with Crippen LogP contribution in [0.3, 0.4) is 0 Å². The van der Waals surface area contributed by atoms with Crippen molar-refractivity contribution in [2.75, 3.05) is 13.2 Å². The Morgan fingerprint density at radius 1 is 0.297 bits per heavy atom. The Morgan fingerprint density at radius 2 is 0.516 bits per heavy atom. The molecule has 0 fully saturated rings. The fraction of sp³-hybridized carbons (Fsp3) is 0.879. The number of unbranched alkanes of at least 4 members (excludes halogenated alkanes) is 37. The maximum atomic E-state index is 12.8. The molecular formula is C58H108O6. The van der Waals surface area contributed by atoms with Gasteiger partial charge < -0.3 is 14.2 Å². The summed E-state index contributed by atoms with van der Waals surface area (Å²) >= 11 is 0. The molecule has 0 aromatic rings. The SMILES string of the molecule is CCCCCCC/C=C\CCCCCCCC(=O)OC(COC(=O)CCCCCCCCCCC/C=C\CCCCCCCCCC)COC(=O)CCCCCCCCCCCCC. The van der Waals surface area contributed by atoms with Crippen molar-refractivity contribution in [1.82, 2.24) is 0 Å². The number of carbonyl (C=O) groups is 3. The second kappa shape index (κ2) is 53.5. The van der Waals surface area contributed by atoms with E-state index in [1.807, 2.05) is 0 Å². The third-order valence-electron chi connectivity index (χ3n) is 12.7. The fourth-order valence-corrected chi connectivity index (χ4v) is 8.37. The van der Waals surface area contributed by atoms with Gasteiger partial charge in [0, 0.05) is 19.3 Å². The van der Waals surface area contributed by atoms with Crippen molar-refractivity contribution in [3.63, 3.8) is 0 Å². The van der Waals surface area contributed by atoms with Crippen LogP contribution in [0.5, 0.6) is 0 Å². The van der Waals surface area contributed by atoms with Crippen molar-refractivity contribution in [3.05, 3.63) is 24.3 Å². The van der Waals surface area contributed by atoms with E-state index in [9.17, 15) is 14.4 Å². The smallest absolute Gasteiger partial charge is 0.306 e. The van der Waals surface area contributed by atoms with Crippen molar-refractivity contribution in [2.45, 2.75) is 316 Å². The van der Waals surface area contributed by atoms with E-state index < -0.39 is 6.10 Å². The molecule has 0 aromatic carbocycles. The van der Waals surface area contributed by atoms with E-state index >= 15 is 0 Å². The number of ether oxygens (including phenoxy) is 3. The van der Waals surface area contributed by atoms with Crippen LogP contribution in [-0.2, 0) is 28.6 Å². The van der Waals surface area contributed by atoms with E-state index in [-0.39, 0.29) is 31.1 Å². The average Bonchev–Trinajstić information content (AvgIpc) is 3.29. The molecule has 0 bridgehead atoms. The Balaban J connectivity index is 4.27. The quantitative estimate of drug-likeness (QED) is 0.0262. The maximum absolute atomic E-state index is 12.8. The van der Waals surface area contributed by atoms with Crippen molar-refractivity contribution < 1.29 is 28.6 Å². The first kappa shape index (κ1) is 61.9. The predicted octanol–water partition coefficient (Wildman–Crippen LogP) is 18.7. The normalized spacial score (nSPS) is 12.1. The first-order valence-corrected chi connectivity index (χ1v) is 28.3. The minimum Gasteiger partial charge on any atom is -0.462 e. The van der Waals surface area contributed by atoms with Crippen LogP contribution in [-0.4, -0.2) is 37.2 Å². The van der Waals surface area contributed by atoms with E-state index in [2.05, 4.69) is 45.1 Å². The number of carbonyl (C=O) groups excluding carboxylic acids is 3. The highest BCUT2D eigenvalue weighted by Crippen LogP contribution is 2.16. The molecule has 0 amide bonds. The molecule has 0 N–H and O–H groups in total. The Bertz CT molecular complexity index is 1040. The van der Waals surface area contributed by atoms with Gasteiger partial charge in [-0.2, -0.15) is 0 Å². The lowest BCUT2D eigenvalue weighted by Crippen LogP contribution is -2.30. The van der Waals surface area contributed by atoms with Crippen LogP contribution in [0.1, 0.15) is 310 Å². The Labute approximate surface area is 398 Å². The van der Waals surface area contributed by atoms with Crippen LogP contribution < -0.4 is 0 Å². The van der Waals surface area contributed by atoms with E-state index in [0.717, 1.165) is 64.2 Å². The first-order chi connectivity index (χ1) is 31.5. The standard InChI is InChI=1S/C58H108O6/c1-4-7-10-13-16-19-22-24-26-27-28-29-30-31-32-34-36-39-42-45-48-51-57(60)63-54-55(53-62-56(59)50-47-44-41-38-35-21-18-15-12-9-6-3)64-58(61)52-49-46-43-40-37-33-25-23-20-17-14-11-8-5-2/h23,25,27-28,55H,4-22,24,26,29-54H2,1-3H3/b25-23-,28-27-. The molecule has 0 saturated carbocycles. The van der Waals surface area contributed by atoms with Gasteiger partial charge in [-0.25, -0.2) is 0 Å². The van der Waals surface area contributed by atoms with Gasteiger partial charge in [0.1, 0.15) is 13.2 Å². The highest BCUT2D eigenvalue weighted by molar-refractivity contribution is 5.71. The largest absolute Gasteiger partial charge is 0.462 e. The molecule has 0 heterocycles. The molecule has 64 heavy (non-hydrogen) atoms. The van der Waals surface area contributed by atoms with Crippen LogP contribution in [0.15, 0.2) is 24.3 Å². The van der Waals surface area contributed by atoms with Crippen LogP contribution in [0, 0.1) is 0 Å². The van der Waals surface area contributed by atoms with Crippen LogP contribution >= 0.6 is 0 Å². The summed E-state index contributed by atoms with van der Waals surface area (Å²) < 4.78 is 16.8. The number of rotatable bonds is 52. The van der Waals surface area contributed by atoms with Crippen molar-refractivity contribution >= 4 is 17.9 Å². The second-order valence-corrected chi connectivity index (χ2v) is 19.2. The lowest BCUT2D eigenvalue weighted by molar-refractivity contribution is -0.167. The average molecular weight is 901 g/mol. The molecule has 6 nitrogen and oxygen atoms in total. The molecule has 0 rings (SSSR count). The second-order valence-electron chi connectivity index (χ2n) is 19.2. The molecule has 0 aliphatic rings. The predicted molar refractivity (Wildman–Crippen MR) is 275 cm³/mol. The summed E-state index contributed by atoms with van der Waals surface area (Å²) in [6.07, 6.45) is 61.7. The highest BCUT2D eigenvalue weighted by Gasteiger charge is 2.19. The van der Waals surface area contributed by atoms with Gasteiger partial charge in [-0.15, -0.1) is 0 Å². The summed E-state index contributed by atoms with van der Waals surface area (Å²) in [5.41, 5.74) is 0. The highest BCUT2D eigenvalue weighted by atomic mass is 16.6. The summed E-state index contributed by atoms with van der Waals surface area (Å²) in [6, 6.07) is 0. The molecule has 0 aliphatic heterocycles. The third kappa shape index (κ3) is 50.9. The molecular weight excluding hydrogens is 793 g/mol. The molecule has 6 heteroatoms. The van der Waals surface area contributed by atoms with E-state index in [1.54, 1.807) is 0 Å². The minimum atomic E-state index is -0.771. The third-order valence-corrected chi connectivity index (χ3v) is 12.7. The van der Waals surface area contributed by atoms with Gasteiger partial charge in [-0.1, -0.05) is 244 Å². The summed E-state index contributed by atoms with van der Waals surface area (Å²) in [7, 11) is 0. The molecule has 1 unspecified atom stereocenters. The van der Waals surface area contributed by atoms with E-state index in [1.165, 1.54) is 205 Å². The number of hydrogen-bond acceptors (Lipinski definition) is 6. The van der Waals surface area contributed by atoms with Crippen LogP contribution in [0.4, 0.5) is 0 Å². The molecule has 0 aromatic heterocycles. The van der Waals surface area contributed by atoms with Crippen molar-refractivity contribution in [2.24, 2.45) is 0 Å². The Hall–Kier alpha value is -2.11.